The van der Waals surface area contributed by atoms with Crippen LogP contribution in [0.5, 0.6) is 5.75 Å². The van der Waals surface area contributed by atoms with Crippen molar-refractivity contribution in [2.24, 2.45) is 5.92 Å². The number of aryl methyl sites for hydroxylation is 1. The van der Waals surface area contributed by atoms with Crippen molar-refractivity contribution in [2.45, 2.75) is 36.2 Å². The molecule has 1 saturated heterocycles. The molecule has 0 aromatic heterocycles. The van der Waals surface area contributed by atoms with Crippen LogP contribution in [0.15, 0.2) is 88.7 Å². The number of hydrogen-bond donors (Lipinski definition) is 0. The number of para-hydroxylation sites is 1. The summed E-state index contributed by atoms with van der Waals surface area (Å²) >= 11 is 1.52. The number of anilines is 2. The van der Waals surface area contributed by atoms with Crippen molar-refractivity contribution in [1.29, 1.82) is 0 Å². The fourth-order valence-electron chi connectivity index (χ4n) is 6.17. The minimum atomic E-state index is -4.38. The number of carbonyl (C=O) groups excluding carboxylic acids is 1. The fraction of sp³-hybridized carbons (Fsp3) is 0.378. The van der Waals surface area contributed by atoms with Gasteiger partial charge in [0.25, 0.3) is 0 Å². The lowest BCUT2D eigenvalue weighted by Gasteiger charge is -2.36. The normalized spacial score (nSPS) is 16.1. The topological polar surface area (TPSA) is 45.3 Å². The maximum Gasteiger partial charge on any atom is 0.416 e. The van der Waals surface area contributed by atoms with Crippen molar-refractivity contribution in [2.75, 3.05) is 63.9 Å². The van der Waals surface area contributed by atoms with E-state index in [1.165, 1.54) is 23.9 Å². The number of ether oxygens (including phenoxy) is 2. The number of piperazine rings is 1. The zero-order valence-electron chi connectivity index (χ0n) is 26.8. The minimum Gasteiger partial charge on any atom is -0.492 e. The number of carbonyl (C=O) groups is 1. The van der Waals surface area contributed by atoms with E-state index >= 15 is 0 Å². The molecule has 0 N–H and O–H groups in total. The highest BCUT2D eigenvalue weighted by molar-refractivity contribution is 7.99. The molecule has 4 aromatic rings. The highest BCUT2D eigenvalue weighted by Crippen LogP contribution is 2.49. The number of fused-ring (bicyclic) bond motifs is 3. The Morgan fingerprint density at radius 1 is 0.851 bits per heavy atom. The molecule has 1 unspecified atom stereocenters. The van der Waals surface area contributed by atoms with Crippen LogP contribution in [-0.2, 0) is 15.7 Å². The summed E-state index contributed by atoms with van der Waals surface area (Å²) in [4.78, 5) is 21.3. The van der Waals surface area contributed by atoms with Crippen LogP contribution in [0.3, 0.4) is 0 Å². The van der Waals surface area contributed by atoms with Gasteiger partial charge in [-0.1, -0.05) is 60.3 Å². The smallest absolute Gasteiger partial charge is 0.416 e. The second kappa shape index (κ2) is 14.6. The number of nitrogens with zero attached hydrogens (tertiary/aromatic N) is 3. The molecule has 0 saturated carbocycles. The second-order valence-electron chi connectivity index (χ2n) is 12.3. The number of rotatable bonds is 11. The Kier molecular flexibility index (Phi) is 10.3. The van der Waals surface area contributed by atoms with E-state index in [1.54, 1.807) is 6.07 Å². The van der Waals surface area contributed by atoms with Gasteiger partial charge in [0.1, 0.15) is 19.0 Å². The van der Waals surface area contributed by atoms with E-state index in [2.05, 4.69) is 15.9 Å². The average Bonchev–Trinajstić information content (AvgIpc) is 3.07. The standard InChI is InChI=1S/C37H40F3N3O3S/c1-26-12-13-28-8-3-4-9-30(28)35(26)46-25-27(2)36(44)45-23-22-42-20-18-41(19-21-42)16-7-17-43-31-10-5-6-11-33(31)47-34-15-14-29(24-32(34)43)37(38,39)40/h3-6,8-15,24,27H,7,16-23,25H2,1-2H3. The SMILES string of the molecule is Cc1ccc2ccccc2c1OCC(C)C(=O)OCCN1CCN(CCCN2c3ccccc3Sc3ccc(C(F)(F)F)cc32)CC1. The van der Waals surface area contributed by atoms with E-state index in [-0.39, 0.29) is 18.5 Å². The van der Waals surface area contributed by atoms with Gasteiger partial charge in [0.15, 0.2) is 0 Å². The molecule has 0 aliphatic carbocycles. The Hall–Kier alpha value is -3.73. The molecule has 47 heavy (non-hydrogen) atoms. The highest BCUT2D eigenvalue weighted by Gasteiger charge is 2.33. The van der Waals surface area contributed by atoms with Crippen molar-refractivity contribution in [1.82, 2.24) is 9.80 Å². The molecular weight excluding hydrogens is 623 g/mol. The third-order valence-electron chi connectivity index (χ3n) is 8.88. The van der Waals surface area contributed by atoms with Crippen LogP contribution in [0, 0.1) is 12.8 Å². The monoisotopic (exact) mass is 663 g/mol. The lowest BCUT2D eigenvalue weighted by molar-refractivity contribution is -0.149. The van der Waals surface area contributed by atoms with Gasteiger partial charge in [-0.2, -0.15) is 13.2 Å². The van der Waals surface area contributed by atoms with Crippen LogP contribution in [0.1, 0.15) is 24.5 Å². The van der Waals surface area contributed by atoms with Gasteiger partial charge in [-0.3, -0.25) is 9.69 Å². The summed E-state index contributed by atoms with van der Waals surface area (Å²) in [6.07, 6.45) is -3.56. The molecule has 0 spiro atoms. The summed E-state index contributed by atoms with van der Waals surface area (Å²) in [5, 5.41) is 2.14. The summed E-state index contributed by atoms with van der Waals surface area (Å²) in [6.45, 7) is 10.1. The van der Waals surface area contributed by atoms with Crippen molar-refractivity contribution in [3.8, 4) is 5.75 Å². The molecule has 0 bridgehead atoms. The second-order valence-corrected chi connectivity index (χ2v) is 13.3. The zero-order chi connectivity index (χ0) is 33.0. The number of alkyl halides is 3. The molecule has 2 heterocycles. The Morgan fingerprint density at radius 2 is 1.55 bits per heavy atom. The van der Waals surface area contributed by atoms with E-state index in [0.717, 1.165) is 76.7 Å². The third-order valence-corrected chi connectivity index (χ3v) is 10.0. The molecule has 6 nitrogen and oxygen atoms in total. The predicted molar refractivity (Wildman–Crippen MR) is 181 cm³/mol. The van der Waals surface area contributed by atoms with Gasteiger partial charge >= 0.3 is 12.1 Å². The van der Waals surface area contributed by atoms with Crippen LogP contribution >= 0.6 is 11.8 Å². The van der Waals surface area contributed by atoms with Crippen molar-refractivity contribution >= 4 is 39.9 Å². The molecule has 0 radical (unpaired) electrons. The van der Waals surface area contributed by atoms with Gasteiger partial charge in [-0.25, -0.2) is 0 Å². The molecule has 0 amide bonds. The fourth-order valence-corrected chi connectivity index (χ4v) is 7.25. The van der Waals surface area contributed by atoms with Gasteiger partial charge in [0.05, 0.1) is 22.9 Å². The van der Waals surface area contributed by atoms with Gasteiger partial charge in [0, 0.05) is 54.4 Å². The van der Waals surface area contributed by atoms with Crippen LogP contribution < -0.4 is 9.64 Å². The molecule has 1 atom stereocenters. The molecule has 248 valence electrons. The Balaban J connectivity index is 0.932. The summed E-state index contributed by atoms with van der Waals surface area (Å²) in [7, 11) is 0. The Bertz CT molecular complexity index is 1710. The number of hydrogen-bond acceptors (Lipinski definition) is 7. The number of halogens is 3. The van der Waals surface area contributed by atoms with Crippen molar-refractivity contribution < 1.29 is 27.4 Å². The largest absolute Gasteiger partial charge is 0.492 e. The first-order chi connectivity index (χ1) is 22.7. The van der Waals surface area contributed by atoms with Gasteiger partial charge in [-0.15, -0.1) is 0 Å². The molecule has 4 aromatic carbocycles. The average molecular weight is 664 g/mol. The van der Waals surface area contributed by atoms with E-state index in [0.29, 0.717) is 25.4 Å². The molecule has 1 fully saturated rings. The Morgan fingerprint density at radius 3 is 2.34 bits per heavy atom. The first kappa shape index (κ1) is 33.2. The lowest BCUT2D eigenvalue weighted by Crippen LogP contribution is -2.47. The molecule has 2 aliphatic heterocycles. The molecule has 6 rings (SSSR count). The van der Waals surface area contributed by atoms with Crippen LogP contribution in [-0.4, -0.2) is 74.8 Å². The van der Waals surface area contributed by atoms with E-state index < -0.39 is 11.7 Å². The third kappa shape index (κ3) is 7.88. The van der Waals surface area contributed by atoms with Crippen LogP contribution in [0.25, 0.3) is 10.8 Å². The van der Waals surface area contributed by atoms with E-state index in [9.17, 15) is 18.0 Å². The quantitative estimate of drug-likeness (QED) is 0.151. The van der Waals surface area contributed by atoms with Gasteiger partial charge in [0.2, 0.25) is 0 Å². The lowest BCUT2D eigenvalue weighted by atomic mass is 10.1. The molecule has 2 aliphatic rings. The first-order valence-corrected chi connectivity index (χ1v) is 17.0. The zero-order valence-corrected chi connectivity index (χ0v) is 27.6. The number of benzene rings is 4. The van der Waals surface area contributed by atoms with Gasteiger partial charge < -0.3 is 19.3 Å². The minimum absolute atomic E-state index is 0.253. The summed E-state index contributed by atoms with van der Waals surface area (Å²) in [5.41, 5.74) is 1.98. The van der Waals surface area contributed by atoms with Crippen molar-refractivity contribution in [3.05, 3.63) is 90.0 Å². The van der Waals surface area contributed by atoms with E-state index in [1.807, 2.05) is 73.3 Å². The maximum absolute atomic E-state index is 13.5. The van der Waals surface area contributed by atoms with Crippen molar-refractivity contribution in [3.63, 3.8) is 0 Å². The first-order valence-electron chi connectivity index (χ1n) is 16.2. The highest BCUT2D eigenvalue weighted by atomic mass is 32.2. The van der Waals surface area contributed by atoms with E-state index in [4.69, 9.17) is 9.47 Å². The summed E-state index contributed by atoms with van der Waals surface area (Å²) in [6, 6.07) is 24.1. The predicted octanol–water partition coefficient (Wildman–Crippen LogP) is 8.04. The summed E-state index contributed by atoms with van der Waals surface area (Å²) in [5.74, 6) is 0.159. The van der Waals surface area contributed by atoms with Crippen LogP contribution in [0.4, 0.5) is 24.5 Å². The Labute approximate surface area is 278 Å². The molecular formula is C37H40F3N3O3S. The summed E-state index contributed by atoms with van der Waals surface area (Å²) < 4.78 is 52.3. The number of esters is 1. The maximum atomic E-state index is 13.5. The van der Waals surface area contributed by atoms with Gasteiger partial charge in [-0.05, 0) is 68.1 Å². The van der Waals surface area contributed by atoms with Crippen LogP contribution in [0.2, 0.25) is 0 Å². The molecule has 10 heteroatoms.